The van der Waals surface area contributed by atoms with E-state index < -0.39 is 38.3 Å². The molecule has 4 rings (SSSR count). The van der Waals surface area contributed by atoms with Crippen LogP contribution in [-0.4, -0.2) is 31.8 Å². The first-order valence-electron chi connectivity index (χ1n) is 11.6. The highest BCUT2D eigenvalue weighted by atomic mass is 32.2. The minimum absolute atomic E-state index is 0.0942. The number of ether oxygens (including phenoxy) is 1. The van der Waals surface area contributed by atoms with Crippen molar-refractivity contribution in [2.24, 2.45) is 5.92 Å². The number of nitrogens with zero attached hydrogens (tertiary/aromatic N) is 2. The molecule has 9 heteroatoms. The van der Waals surface area contributed by atoms with Crippen molar-refractivity contribution in [3.8, 4) is 6.07 Å². The summed E-state index contributed by atoms with van der Waals surface area (Å²) in [5, 5.41) is 8.18. The first kappa shape index (κ1) is 25.3. The number of esters is 1. The quantitative estimate of drug-likeness (QED) is 0.532. The fourth-order valence-corrected chi connectivity index (χ4v) is 7.67. The summed E-state index contributed by atoms with van der Waals surface area (Å²) in [4.78, 5) is 12.5. The Bertz CT molecular complexity index is 1250. The lowest BCUT2D eigenvalue weighted by Gasteiger charge is -2.45. The minimum atomic E-state index is -3.82. The van der Waals surface area contributed by atoms with Gasteiger partial charge in [-0.2, -0.15) is 9.57 Å². The predicted octanol–water partition coefficient (Wildman–Crippen LogP) is 4.75. The molecule has 186 valence electrons. The highest BCUT2D eigenvalue weighted by Crippen LogP contribution is 2.51. The van der Waals surface area contributed by atoms with E-state index in [0.29, 0.717) is 18.4 Å². The van der Waals surface area contributed by atoms with Gasteiger partial charge in [0.2, 0.25) is 10.0 Å². The summed E-state index contributed by atoms with van der Waals surface area (Å²) in [7, 11) is -2.63. The predicted molar refractivity (Wildman–Crippen MR) is 125 cm³/mol. The number of carbonyl (C=O) groups excluding carboxylic acids is 1. The van der Waals surface area contributed by atoms with Crippen molar-refractivity contribution < 1.29 is 26.7 Å². The summed E-state index contributed by atoms with van der Waals surface area (Å²) in [6, 6.07) is 12.5. The van der Waals surface area contributed by atoms with Gasteiger partial charge in [-0.1, -0.05) is 30.3 Å². The summed E-state index contributed by atoms with van der Waals surface area (Å²) in [5.41, 5.74) is -0.883. The van der Waals surface area contributed by atoms with Crippen molar-refractivity contribution in [2.75, 3.05) is 7.11 Å². The molecule has 0 amide bonds. The Morgan fingerprint density at radius 3 is 2.49 bits per heavy atom. The van der Waals surface area contributed by atoms with E-state index in [1.54, 1.807) is 31.2 Å². The largest absolute Gasteiger partial charge is 0.468 e. The van der Waals surface area contributed by atoms with Gasteiger partial charge in [-0.05, 0) is 56.2 Å². The van der Waals surface area contributed by atoms with Crippen LogP contribution >= 0.6 is 0 Å². The first-order valence-corrected chi connectivity index (χ1v) is 13.1. The van der Waals surface area contributed by atoms with Crippen molar-refractivity contribution in [1.82, 2.24) is 4.31 Å². The Morgan fingerprint density at radius 2 is 1.86 bits per heavy atom. The van der Waals surface area contributed by atoms with Crippen LogP contribution in [0.25, 0.3) is 0 Å². The molecule has 35 heavy (non-hydrogen) atoms. The van der Waals surface area contributed by atoms with Gasteiger partial charge in [0.05, 0.1) is 18.6 Å². The average Bonchev–Trinajstić information content (AvgIpc) is 2.80. The molecule has 0 N–H and O–H groups in total. The number of hydrogen-bond donors (Lipinski definition) is 0. The smallest absolute Gasteiger partial charge is 0.316 e. The summed E-state index contributed by atoms with van der Waals surface area (Å²) >= 11 is 0. The zero-order valence-corrected chi connectivity index (χ0v) is 20.5. The van der Waals surface area contributed by atoms with E-state index in [2.05, 4.69) is 0 Å². The first-order chi connectivity index (χ1) is 16.6. The molecule has 1 aliphatic heterocycles. The fraction of sp³-hybridized carbons (Fsp3) is 0.462. The van der Waals surface area contributed by atoms with E-state index in [9.17, 15) is 13.2 Å². The average molecular weight is 503 g/mol. The second kappa shape index (κ2) is 9.67. The van der Waals surface area contributed by atoms with Crippen molar-refractivity contribution in [1.29, 1.82) is 5.26 Å². The minimum Gasteiger partial charge on any atom is -0.468 e. The maximum absolute atomic E-state index is 15.3. The second-order valence-corrected chi connectivity index (χ2v) is 11.6. The third-order valence-electron chi connectivity index (χ3n) is 7.40. The van der Waals surface area contributed by atoms with E-state index in [1.165, 1.54) is 11.4 Å². The number of carbonyl (C=O) groups is 1. The van der Waals surface area contributed by atoms with E-state index in [0.717, 1.165) is 12.1 Å². The molecule has 0 radical (unpaired) electrons. The van der Waals surface area contributed by atoms with Gasteiger partial charge >= 0.3 is 5.97 Å². The lowest BCUT2D eigenvalue weighted by atomic mass is 9.57. The third kappa shape index (κ3) is 4.45. The number of methoxy groups -OCH3 is 1. The van der Waals surface area contributed by atoms with Gasteiger partial charge in [0.1, 0.15) is 16.9 Å². The van der Waals surface area contributed by atoms with Crippen molar-refractivity contribution in [3.05, 3.63) is 70.8 Å². The van der Waals surface area contributed by atoms with Gasteiger partial charge < -0.3 is 4.74 Å². The standard InChI is InChI=1S/C26H28F2N2O4S/c1-17-8-9-24(19-6-4-3-5-7-19)35(32,33)30(17)16-20-12-23(28)21(13-22(20)27)26(25(31)34-2)14-18(15-26)10-11-29/h3-7,12-13,17-18,24H,8-10,14-16H2,1-2H3/t17-,18?,24+,26?/m0/s1. The zero-order chi connectivity index (χ0) is 25.4. The monoisotopic (exact) mass is 502 g/mol. The molecule has 2 aromatic carbocycles. The molecule has 0 aromatic heterocycles. The third-order valence-corrected chi connectivity index (χ3v) is 9.77. The molecule has 0 spiro atoms. The van der Waals surface area contributed by atoms with Crippen LogP contribution in [0.5, 0.6) is 0 Å². The van der Waals surface area contributed by atoms with Gasteiger partial charge in [-0.3, -0.25) is 4.79 Å². The fourth-order valence-electron chi connectivity index (χ4n) is 5.49. The van der Waals surface area contributed by atoms with Gasteiger partial charge in [-0.15, -0.1) is 0 Å². The number of benzene rings is 2. The number of halogens is 2. The number of hydrogen-bond acceptors (Lipinski definition) is 5. The number of nitriles is 1. The second-order valence-electron chi connectivity index (χ2n) is 9.55. The summed E-state index contributed by atoms with van der Waals surface area (Å²) in [5.74, 6) is -2.34. The molecule has 1 heterocycles. The van der Waals surface area contributed by atoms with Crippen LogP contribution in [0.1, 0.15) is 61.0 Å². The normalized spacial score (nSPS) is 28.0. The van der Waals surface area contributed by atoms with Crippen LogP contribution in [0.15, 0.2) is 42.5 Å². The van der Waals surface area contributed by atoms with Gasteiger partial charge in [0, 0.05) is 30.1 Å². The van der Waals surface area contributed by atoms with Crippen LogP contribution in [0, 0.1) is 28.9 Å². The molecule has 0 bridgehead atoms. The van der Waals surface area contributed by atoms with Crippen molar-refractivity contribution in [3.63, 3.8) is 0 Å². The molecule has 0 unspecified atom stereocenters. The van der Waals surface area contributed by atoms with Crippen LogP contribution in [0.2, 0.25) is 0 Å². The zero-order valence-electron chi connectivity index (χ0n) is 19.7. The van der Waals surface area contributed by atoms with Gasteiger partial charge in [-0.25, -0.2) is 17.2 Å². The SMILES string of the molecule is COC(=O)C1(c2cc(F)c(CN3[C@@H](C)CC[C@H](c4ccccc4)S3(=O)=O)cc2F)CC(CC#N)C1. The summed E-state index contributed by atoms with van der Waals surface area (Å²) in [6.07, 6.45) is 1.64. The maximum atomic E-state index is 15.3. The Kier molecular flexibility index (Phi) is 6.98. The maximum Gasteiger partial charge on any atom is 0.316 e. The van der Waals surface area contributed by atoms with Crippen LogP contribution < -0.4 is 0 Å². The lowest BCUT2D eigenvalue weighted by molar-refractivity contribution is -0.153. The Morgan fingerprint density at radius 1 is 1.17 bits per heavy atom. The van der Waals surface area contributed by atoms with E-state index >= 15 is 8.78 Å². The Balaban J connectivity index is 1.65. The molecule has 1 saturated carbocycles. The lowest BCUT2D eigenvalue weighted by Crippen LogP contribution is -2.49. The van der Waals surface area contributed by atoms with Crippen LogP contribution in [0.4, 0.5) is 8.78 Å². The summed E-state index contributed by atoms with van der Waals surface area (Å²) in [6.45, 7) is 1.45. The molecule has 1 saturated heterocycles. The van der Waals surface area contributed by atoms with Gasteiger partial charge in [0.15, 0.2) is 0 Å². The highest BCUT2D eigenvalue weighted by molar-refractivity contribution is 7.89. The number of rotatable bonds is 6. The van der Waals surface area contributed by atoms with Crippen molar-refractivity contribution >= 4 is 16.0 Å². The topological polar surface area (TPSA) is 87.5 Å². The summed E-state index contributed by atoms with van der Waals surface area (Å²) < 4.78 is 63.7. The molecule has 2 aliphatic rings. The Labute approximate surface area is 204 Å². The van der Waals surface area contributed by atoms with Crippen molar-refractivity contribution in [2.45, 2.75) is 62.3 Å². The molecule has 1 aliphatic carbocycles. The van der Waals surface area contributed by atoms with E-state index in [-0.39, 0.29) is 48.9 Å². The van der Waals surface area contributed by atoms with Crippen LogP contribution in [0.3, 0.4) is 0 Å². The highest BCUT2D eigenvalue weighted by Gasteiger charge is 2.54. The van der Waals surface area contributed by atoms with E-state index in [4.69, 9.17) is 10.00 Å². The van der Waals surface area contributed by atoms with E-state index in [1.807, 2.05) is 12.1 Å². The molecule has 2 fully saturated rings. The number of sulfonamides is 1. The molecule has 2 atom stereocenters. The molecule has 6 nitrogen and oxygen atoms in total. The molecule has 2 aromatic rings. The molecular formula is C26H28F2N2O4S. The molecular weight excluding hydrogens is 474 g/mol. The van der Waals surface area contributed by atoms with Crippen LogP contribution in [-0.2, 0) is 31.5 Å². The van der Waals surface area contributed by atoms with Gasteiger partial charge in [0.25, 0.3) is 0 Å². The Hall–Kier alpha value is -2.83.